The molecule has 2 N–H and O–H groups in total. The number of rotatable bonds is 6. The number of aryl methyl sites for hydroxylation is 1. The summed E-state index contributed by atoms with van der Waals surface area (Å²) in [7, 11) is 1.72. The summed E-state index contributed by atoms with van der Waals surface area (Å²) >= 11 is 0. The number of carbonyl (C=O) groups is 1. The highest BCUT2D eigenvalue weighted by Gasteiger charge is 2.19. The van der Waals surface area contributed by atoms with Crippen molar-refractivity contribution in [2.45, 2.75) is 33.2 Å². The predicted octanol–water partition coefficient (Wildman–Crippen LogP) is 2.27. The lowest BCUT2D eigenvalue weighted by Gasteiger charge is -2.24. The van der Waals surface area contributed by atoms with Crippen LogP contribution in [0.1, 0.15) is 36.2 Å². The molecule has 0 saturated carbocycles. The maximum Gasteiger partial charge on any atom is 0.256 e. The number of likely N-dealkylation sites (N-methyl/N-ethyl adjacent to an activating group) is 1. The van der Waals surface area contributed by atoms with Gasteiger partial charge in [-0.1, -0.05) is 18.6 Å². The van der Waals surface area contributed by atoms with Gasteiger partial charge in [-0.25, -0.2) is 0 Å². The Kier molecular flexibility index (Phi) is 5.83. The van der Waals surface area contributed by atoms with Gasteiger partial charge in [0.05, 0.1) is 18.2 Å². The standard InChI is InChI=1S/C15H24N2O2/c1-5-8-16-14-7-6-11(2)9-13(14)15(19)17(4)12(3)10-18/h6-7,9,12,16,18H,5,8,10H2,1-4H3. The molecule has 0 aliphatic carbocycles. The van der Waals surface area contributed by atoms with E-state index in [0.29, 0.717) is 5.56 Å². The topological polar surface area (TPSA) is 52.6 Å². The molecule has 1 rings (SSSR count). The van der Waals surface area contributed by atoms with Crippen molar-refractivity contribution in [2.75, 3.05) is 25.5 Å². The lowest BCUT2D eigenvalue weighted by atomic mass is 10.1. The molecule has 0 aliphatic rings. The normalized spacial score (nSPS) is 12.1. The molecule has 1 amide bonds. The Morgan fingerprint density at radius 1 is 1.47 bits per heavy atom. The molecule has 1 unspecified atom stereocenters. The average molecular weight is 264 g/mol. The van der Waals surface area contributed by atoms with Gasteiger partial charge in [0.2, 0.25) is 0 Å². The van der Waals surface area contributed by atoms with E-state index < -0.39 is 0 Å². The second kappa shape index (κ2) is 7.14. The zero-order valence-electron chi connectivity index (χ0n) is 12.2. The van der Waals surface area contributed by atoms with Gasteiger partial charge in [-0.3, -0.25) is 4.79 Å². The van der Waals surface area contributed by atoms with Gasteiger partial charge in [-0.15, -0.1) is 0 Å². The summed E-state index contributed by atoms with van der Waals surface area (Å²) in [5, 5.41) is 12.4. The largest absolute Gasteiger partial charge is 0.394 e. The van der Waals surface area contributed by atoms with E-state index in [0.717, 1.165) is 24.2 Å². The van der Waals surface area contributed by atoms with Crippen molar-refractivity contribution in [3.05, 3.63) is 29.3 Å². The number of aliphatic hydroxyl groups is 1. The first-order valence-corrected chi connectivity index (χ1v) is 6.73. The molecular formula is C15H24N2O2. The number of nitrogens with one attached hydrogen (secondary N) is 1. The lowest BCUT2D eigenvalue weighted by Crippen LogP contribution is -2.37. The second-order valence-corrected chi connectivity index (χ2v) is 4.92. The molecule has 0 fully saturated rings. The van der Waals surface area contributed by atoms with Gasteiger partial charge in [0.1, 0.15) is 0 Å². The van der Waals surface area contributed by atoms with Gasteiger partial charge in [-0.2, -0.15) is 0 Å². The Labute approximate surface area is 115 Å². The molecule has 0 aromatic heterocycles. The van der Waals surface area contributed by atoms with Crippen molar-refractivity contribution in [1.29, 1.82) is 0 Å². The molecular weight excluding hydrogens is 240 g/mol. The molecule has 4 nitrogen and oxygen atoms in total. The van der Waals surface area contributed by atoms with Crippen LogP contribution < -0.4 is 5.32 Å². The fourth-order valence-corrected chi connectivity index (χ4v) is 1.76. The van der Waals surface area contributed by atoms with E-state index in [2.05, 4.69) is 12.2 Å². The van der Waals surface area contributed by atoms with Gasteiger partial charge in [0, 0.05) is 19.3 Å². The molecule has 106 valence electrons. The van der Waals surface area contributed by atoms with E-state index in [1.165, 1.54) is 0 Å². The predicted molar refractivity (Wildman–Crippen MR) is 78.6 cm³/mol. The van der Waals surface area contributed by atoms with Crippen molar-refractivity contribution in [3.63, 3.8) is 0 Å². The Bertz CT molecular complexity index is 432. The monoisotopic (exact) mass is 264 g/mol. The maximum absolute atomic E-state index is 12.5. The molecule has 0 heterocycles. The summed E-state index contributed by atoms with van der Waals surface area (Å²) in [5.74, 6) is -0.0659. The molecule has 1 aromatic carbocycles. The summed E-state index contributed by atoms with van der Waals surface area (Å²) < 4.78 is 0. The number of nitrogens with zero attached hydrogens (tertiary/aromatic N) is 1. The van der Waals surface area contributed by atoms with Crippen LogP contribution in [0.5, 0.6) is 0 Å². The smallest absolute Gasteiger partial charge is 0.256 e. The quantitative estimate of drug-likeness (QED) is 0.828. The number of hydrogen-bond acceptors (Lipinski definition) is 3. The van der Waals surface area contributed by atoms with E-state index in [-0.39, 0.29) is 18.6 Å². The first-order valence-electron chi connectivity index (χ1n) is 6.73. The molecule has 0 aliphatic heterocycles. The van der Waals surface area contributed by atoms with E-state index in [4.69, 9.17) is 5.11 Å². The highest BCUT2D eigenvalue weighted by molar-refractivity contribution is 5.99. The van der Waals surface area contributed by atoms with Crippen LogP contribution in [-0.4, -0.2) is 42.2 Å². The average Bonchev–Trinajstić information content (AvgIpc) is 2.43. The van der Waals surface area contributed by atoms with Crippen molar-refractivity contribution in [2.24, 2.45) is 0 Å². The van der Waals surface area contributed by atoms with Crippen molar-refractivity contribution in [1.82, 2.24) is 4.90 Å². The third kappa shape index (κ3) is 3.96. The minimum Gasteiger partial charge on any atom is -0.394 e. The van der Waals surface area contributed by atoms with Crippen LogP contribution in [0.25, 0.3) is 0 Å². The first-order chi connectivity index (χ1) is 9.01. The zero-order valence-corrected chi connectivity index (χ0v) is 12.2. The third-order valence-corrected chi connectivity index (χ3v) is 3.22. The van der Waals surface area contributed by atoms with Crippen LogP contribution >= 0.6 is 0 Å². The first kappa shape index (κ1) is 15.5. The molecule has 0 spiro atoms. The van der Waals surface area contributed by atoms with Gasteiger partial charge >= 0.3 is 0 Å². The molecule has 1 aromatic rings. The van der Waals surface area contributed by atoms with Crippen LogP contribution in [0.4, 0.5) is 5.69 Å². The van der Waals surface area contributed by atoms with Crippen molar-refractivity contribution < 1.29 is 9.90 Å². The summed E-state index contributed by atoms with van der Waals surface area (Å²) in [6.07, 6.45) is 1.00. The zero-order chi connectivity index (χ0) is 14.4. The number of carbonyl (C=O) groups excluding carboxylic acids is 1. The fourth-order valence-electron chi connectivity index (χ4n) is 1.76. The molecule has 0 radical (unpaired) electrons. The molecule has 4 heteroatoms. The Hall–Kier alpha value is -1.55. The Balaban J connectivity index is 3.02. The van der Waals surface area contributed by atoms with Crippen LogP contribution in [0.3, 0.4) is 0 Å². The SMILES string of the molecule is CCCNc1ccc(C)cc1C(=O)N(C)C(C)CO. The highest BCUT2D eigenvalue weighted by Crippen LogP contribution is 2.20. The van der Waals surface area contributed by atoms with Crippen LogP contribution in [0.2, 0.25) is 0 Å². The van der Waals surface area contributed by atoms with Gasteiger partial charge in [0.25, 0.3) is 5.91 Å². The second-order valence-electron chi connectivity index (χ2n) is 4.92. The molecule has 1 atom stereocenters. The summed E-state index contributed by atoms with van der Waals surface area (Å²) in [4.78, 5) is 14.0. The summed E-state index contributed by atoms with van der Waals surface area (Å²) in [6, 6.07) is 5.63. The van der Waals surface area contributed by atoms with Gasteiger partial charge in [-0.05, 0) is 32.4 Å². The molecule has 0 saturated heterocycles. The van der Waals surface area contributed by atoms with Crippen LogP contribution in [0.15, 0.2) is 18.2 Å². The minimum absolute atomic E-state index is 0.0359. The molecule has 19 heavy (non-hydrogen) atoms. The van der Waals surface area contributed by atoms with Crippen molar-refractivity contribution >= 4 is 11.6 Å². The van der Waals surface area contributed by atoms with E-state index in [1.807, 2.05) is 32.0 Å². The maximum atomic E-state index is 12.5. The van der Waals surface area contributed by atoms with Gasteiger partial charge in [0.15, 0.2) is 0 Å². The number of anilines is 1. The fraction of sp³-hybridized carbons (Fsp3) is 0.533. The number of hydrogen-bond donors (Lipinski definition) is 2. The van der Waals surface area contributed by atoms with E-state index in [9.17, 15) is 4.79 Å². The number of amides is 1. The number of benzene rings is 1. The lowest BCUT2D eigenvalue weighted by molar-refractivity contribution is 0.0683. The van der Waals surface area contributed by atoms with E-state index in [1.54, 1.807) is 11.9 Å². The van der Waals surface area contributed by atoms with Crippen LogP contribution in [-0.2, 0) is 0 Å². The summed E-state index contributed by atoms with van der Waals surface area (Å²) in [6.45, 7) is 6.68. The Morgan fingerprint density at radius 2 is 2.16 bits per heavy atom. The third-order valence-electron chi connectivity index (χ3n) is 3.22. The van der Waals surface area contributed by atoms with Gasteiger partial charge < -0.3 is 15.3 Å². The Morgan fingerprint density at radius 3 is 2.74 bits per heavy atom. The minimum atomic E-state index is -0.188. The van der Waals surface area contributed by atoms with Crippen LogP contribution in [0, 0.1) is 6.92 Å². The number of aliphatic hydroxyl groups excluding tert-OH is 1. The highest BCUT2D eigenvalue weighted by atomic mass is 16.3. The van der Waals surface area contributed by atoms with Crippen molar-refractivity contribution in [3.8, 4) is 0 Å². The van der Waals surface area contributed by atoms with E-state index >= 15 is 0 Å². The summed E-state index contributed by atoms with van der Waals surface area (Å²) in [5.41, 5.74) is 2.57. The molecule has 0 bridgehead atoms.